The molecule has 1 atom stereocenters. The summed E-state index contributed by atoms with van der Waals surface area (Å²) in [7, 11) is 0. The molecule has 0 radical (unpaired) electrons. The molecule has 1 aliphatic rings. The van der Waals surface area contributed by atoms with Crippen LogP contribution in [0, 0.1) is 4.77 Å². The minimum Gasteiger partial charge on any atom is -0.376 e. The molecule has 1 fully saturated rings. The third-order valence-electron chi connectivity index (χ3n) is 2.01. The molecule has 2 rings (SSSR count). The van der Waals surface area contributed by atoms with Crippen molar-refractivity contribution in [3.8, 4) is 0 Å². The Kier molecular flexibility index (Phi) is 2.77. The minimum absolute atomic E-state index is 0.135. The molecular formula is C8H12N2O2S. The number of hydrogen-bond acceptors (Lipinski definition) is 3. The number of ether oxygens (including phenoxy) is 2. The van der Waals surface area contributed by atoms with Gasteiger partial charge in [0, 0.05) is 12.4 Å². The van der Waals surface area contributed by atoms with Crippen LogP contribution in [0.2, 0.25) is 0 Å². The predicted molar refractivity (Wildman–Crippen MR) is 50.2 cm³/mol. The Morgan fingerprint density at radius 3 is 3.15 bits per heavy atom. The Labute approximate surface area is 81.5 Å². The van der Waals surface area contributed by atoms with Gasteiger partial charge in [-0.2, -0.15) is 0 Å². The van der Waals surface area contributed by atoms with Gasteiger partial charge in [-0.15, -0.1) is 0 Å². The summed E-state index contributed by atoms with van der Waals surface area (Å²) in [5.74, 6) is 0. The van der Waals surface area contributed by atoms with E-state index < -0.39 is 0 Å². The number of hydrogen-bond donors (Lipinski definition) is 1. The highest BCUT2D eigenvalue weighted by atomic mass is 32.1. The van der Waals surface area contributed by atoms with Crippen LogP contribution in [0.25, 0.3) is 0 Å². The third-order valence-corrected chi connectivity index (χ3v) is 2.36. The van der Waals surface area contributed by atoms with Gasteiger partial charge in [0.1, 0.15) is 0 Å². The van der Waals surface area contributed by atoms with Crippen molar-refractivity contribution in [2.75, 3.05) is 19.8 Å². The van der Waals surface area contributed by atoms with E-state index in [9.17, 15) is 0 Å². The second-order valence-electron chi connectivity index (χ2n) is 2.99. The molecule has 0 aliphatic carbocycles. The molecule has 2 heterocycles. The van der Waals surface area contributed by atoms with E-state index in [1.807, 2.05) is 17.0 Å². The fourth-order valence-electron chi connectivity index (χ4n) is 1.35. The number of aromatic amines is 1. The summed E-state index contributed by atoms with van der Waals surface area (Å²) in [6.45, 7) is 2.81. The van der Waals surface area contributed by atoms with E-state index in [2.05, 4.69) is 4.98 Å². The summed E-state index contributed by atoms with van der Waals surface area (Å²) in [6, 6.07) is 0. The number of imidazole rings is 1. The van der Waals surface area contributed by atoms with E-state index in [1.165, 1.54) is 0 Å². The van der Waals surface area contributed by atoms with Gasteiger partial charge in [0.2, 0.25) is 0 Å². The van der Waals surface area contributed by atoms with Gasteiger partial charge in [-0.3, -0.25) is 0 Å². The zero-order valence-corrected chi connectivity index (χ0v) is 8.05. The molecule has 72 valence electrons. The lowest BCUT2D eigenvalue weighted by Gasteiger charge is -2.22. The standard InChI is InChI=1S/C8H12N2O2S/c13-8-9-1-2-10(8)5-7-6-11-3-4-12-7/h1-2,7H,3-6H2,(H,9,13). The van der Waals surface area contributed by atoms with Crippen LogP contribution in [0.3, 0.4) is 0 Å². The van der Waals surface area contributed by atoms with Crippen LogP contribution in [0.15, 0.2) is 12.4 Å². The number of H-pyrrole nitrogens is 1. The molecule has 1 aromatic heterocycles. The first-order valence-corrected chi connectivity index (χ1v) is 4.70. The first-order chi connectivity index (χ1) is 6.36. The number of aromatic nitrogens is 2. The average molecular weight is 200 g/mol. The van der Waals surface area contributed by atoms with Gasteiger partial charge < -0.3 is 19.0 Å². The Morgan fingerprint density at radius 2 is 2.54 bits per heavy atom. The zero-order valence-electron chi connectivity index (χ0n) is 7.23. The molecule has 0 bridgehead atoms. The van der Waals surface area contributed by atoms with Crippen LogP contribution in [0.5, 0.6) is 0 Å². The maximum atomic E-state index is 5.50. The van der Waals surface area contributed by atoms with Crippen LogP contribution in [0.1, 0.15) is 0 Å². The Morgan fingerprint density at radius 1 is 1.62 bits per heavy atom. The lowest BCUT2D eigenvalue weighted by Crippen LogP contribution is -2.32. The molecule has 1 aliphatic heterocycles. The summed E-state index contributed by atoms with van der Waals surface area (Å²) in [5.41, 5.74) is 0. The van der Waals surface area contributed by atoms with E-state index in [0.717, 1.165) is 11.3 Å². The van der Waals surface area contributed by atoms with Crippen molar-refractivity contribution in [3.05, 3.63) is 17.2 Å². The third kappa shape index (κ3) is 2.18. The van der Waals surface area contributed by atoms with Crippen LogP contribution in [0.4, 0.5) is 0 Å². The topological polar surface area (TPSA) is 39.2 Å². The summed E-state index contributed by atoms with van der Waals surface area (Å²) in [4.78, 5) is 2.94. The molecule has 1 saturated heterocycles. The van der Waals surface area contributed by atoms with Crippen molar-refractivity contribution in [2.24, 2.45) is 0 Å². The lowest BCUT2D eigenvalue weighted by atomic mass is 10.3. The predicted octanol–water partition coefficient (Wildman–Crippen LogP) is 0.961. The molecule has 5 heteroatoms. The monoisotopic (exact) mass is 200 g/mol. The van der Waals surface area contributed by atoms with Crippen LogP contribution >= 0.6 is 12.2 Å². The number of nitrogens with one attached hydrogen (secondary N) is 1. The molecule has 0 amide bonds. The molecule has 0 aromatic carbocycles. The highest BCUT2D eigenvalue weighted by Gasteiger charge is 2.14. The largest absolute Gasteiger partial charge is 0.376 e. The average Bonchev–Trinajstić information content (AvgIpc) is 2.54. The van der Waals surface area contributed by atoms with Gasteiger partial charge in [-0.05, 0) is 12.2 Å². The molecular weight excluding hydrogens is 188 g/mol. The smallest absolute Gasteiger partial charge is 0.177 e. The summed E-state index contributed by atoms with van der Waals surface area (Å²) >= 11 is 5.06. The van der Waals surface area contributed by atoms with Gasteiger partial charge >= 0.3 is 0 Å². The van der Waals surface area contributed by atoms with Crippen molar-refractivity contribution in [1.82, 2.24) is 9.55 Å². The Bertz CT molecular complexity index is 314. The van der Waals surface area contributed by atoms with Crippen LogP contribution in [-0.4, -0.2) is 35.5 Å². The molecule has 4 nitrogen and oxygen atoms in total. The van der Waals surface area contributed by atoms with Crippen LogP contribution < -0.4 is 0 Å². The normalized spacial score (nSPS) is 23.2. The SMILES string of the molecule is S=c1[nH]ccn1CC1COCCO1. The fraction of sp³-hybridized carbons (Fsp3) is 0.625. The molecule has 13 heavy (non-hydrogen) atoms. The number of rotatable bonds is 2. The lowest BCUT2D eigenvalue weighted by molar-refractivity contribution is -0.0937. The van der Waals surface area contributed by atoms with Crippen molar-refractivity contribution in [2.45, 2.75) is 12.6 Å². The van der Waals surface area contributed by atoms with E-state index in [4.69, 9.17) is 21.7 Å². The maximum absolute atomic E-state index is 5.50. The highest BCUT2D eigenvalue weighted by Crippen LogP contribution is 2.04. The second kappa shape index (κ2) is 4.04. The van der Waals surface area contributed by atoms with E-state index in [1.54, 1.807) is 0 Å². The number of nitrogens with zero attached hydrogens (tertiary/aromatic N) is 1. The van der Waals surface area contributed by atoms with E-state index in [-0.39, 0.29) is 6.10 Å². The first kappa shape index (κ1) is 8.93. The Hall–Kier alpha value is -0.650. The van der Waals surface area contributed by atoms with Gasteiger partial charge in [-0.25, -0.2) is 0 Å². The molecule has 0 spiro atoms. The van der Waals surface area contributed by atoms with Crippen LogP contribution in [-0.2, 0) is 16.0 Å². The highest BCUT2D eigenvalue weighted by molar-refractivity contribution is 7.71. The first-order valence-electron chi connectivity index (χ1n) is 4.29. The molecule has 1 aromatic rings. The van der Waals surface area contributed by atoms with E-state index >= 15 is 0 Å². The molecule has 1 unspecified atom stereocenters. The molecule has 0 saturated carbocycles. The van der Waals surface area contributed by atoms with E-state index in [0.29, 0.717) is 19.8 Å². The summed E-state index contributed by atoms with van der Waals surface area (Å²) in [5, 5.41) is 0. The van der Waals surface area contributed by atoms with Gasteiger partial charge in [0.05, 0.1) is 32.5 Å². The van der Waals surface area contributed by atoms with Gasteiger partial charge in [-0.1, -0.05) is 0 Å². The zero-order chi connectivity index (χ0) is 9.10. The van der Waals surface area contributed by atoms with Crippen molar-refractivity contribution in [3.63, 3.8) is 0 Å². The summed E-state index contributed by atoms with van der Waals surface area (Å²) < 4.78 is 13.5. The van der Waals surface area contributed by atoms with Crippen molar-refractivity contribution < 1.29 is 9.47 Å². The summed E-state index contributed by atoms with van der Waals surface area (Å²) in [6.07, 6.45) is 3.88. The second-order valence-corrected chi connectivity index (χ2v) is 3.37. The van der Waals surface area contributed by atoms with Gasteiger partial charge in [0.25, 0.3) is 0 Å². The van der Waals surface area contributed by atoms with Crippen molar-refractivity contribution in [1.29, 1.82) is 0 Å². The fourth-order valence-corrected chi connectivity index (χ4v) is 1.56. The van der Waals surface area contributed by atoms with Crippen molar-refractivity contribution >= 4 is 12.2 Å². The minimum atomic E-state index is 0.135. The Balaban J connectivity index is 1.97. The van der Waals surface area contributed by atoms with Gasteiger partial charge in [0.15, 0.2) is 4.77 Å². The maximum Gasteiger partial charge on any atom is 0.177 e. The molecule has 1 N–H and O–H groups in total. The quantitative estimate of drug-likeness (QED) is 0.723.